The molecule has 10 nitrogen and oxygen atoms in total. The number of fused-ring (bicyclic) bond motifs is 1. The summed E-state index contributed by atoms with van der Waals surface area (Å²) in [6, 6.07) is -0.590. The van der Waals surface area contributed by atoms with E-state index in [9.17, 15) is 9.90 Å². The van der Waals surface area contributed by atoms with Crippen LogP contribution in [0.3, 0.4) is 0 Å². The number of nitrogens with zero attached hydrogens (tertiary/aromatic N) is 4. The Hall–Kier alpha value is -2.62. The highest BCUT2D eigenvalue weighted by Crippen LogP contribution is 2.23. The molecule has 0 amide bonds. The number of carbonyl (C=O) groups is 1. The summed E-state index contributed by atoms with van der Waals surface area (Å²) in [5, 5.41) is 9.70. The van der Waals surface area contributed by atoms with Crippen LogP contribution >= 0.6 is 0 Å². The van der Waals surface area contributed by atoms with Crippen LogP contribution in [0.25, 0.3) is 11.2 Å². The molecule has 2 rings (SSSR count). The van der Waals surface area contributed by atoms with Crippen molar-refractivity contribution < 1.29 is 24.2 Å². The second-order valence-electron chi connectivity index (χ2n) is 3.93. The van der Waals surface area contributed by atoms with Crippen molar-refractivity contribution in [3.63, 3.8) is 0 Å². The summed E-state index contributed by atoms with van der Waals surface area (Å²) in [5.41, 5.74) is 5.86. The Morgan fingerprint density at radius 1 is 1.33 bits per heavy atom. The maximum atomic E-state index is 11.4. The van der Waals surface area contributed by atoms with E-state index in [2.05, 4.69) is 15.0 Å². The van der Waals surface area contributed by atoms with Crippen molar-refractivity contribution in [2.45, 2.75) is 13.3 Å². The van der Waals surface area contributed by atoms with Crippen LogP contribution in [-0.4, -0.2) is 51.1 Å². The Balaban J connectivity index is 2.39. The summed E-state index contributed by atoms with van der Waals surface area (Å²) < 4.78 is 10.9. The van der Waals surface area contributed by atoms with Gasteiger partial charge in [-0.1, -0.05) is 6.92 Å². The van der Waals surface area contributed by atoms with Gasteiger partial charge in [-0.2, -0.15) is 15.0 Å². The summed E-state index contributed by atoms with van der Waals surface area (Å²) >= 11 is 0. The highest BCUT2D eigenvalue weighted by atomic mass is 16.7. The third kappa shape index (κ3) is 3.11. The van der Waals surface area contributed by atoms with Gasteiger partial charge in [0.25, 0.3) is 0 Å². The summed E-state index contributed by atoms with van der Waals surface area (Å²) in [6.07, 6.45) is 0.122. The van der Waals surface area contributed by atoms with Gasteiger partial charge in [0.15, 0.2) is 11.3 Å². The van der Waals surface area contributed by atoms with Gasteiger partial charge in [0.1, 0.15) is 6.61 Å². The second kappa shape index (κ2) is 6.22. The average molecular weight is 297 g/mol. The first-order valence-electron chi connectivity index (χ1n) is 6.14. The average Bonchev–Trinajstić information content (AvgIpc) is 2.77. The fourth-order valence-electron chi connectivity index (χ4n) is 1.46. The SMILES string of the molecule is CCC(=O)On1c(O)nc2c(N)nc(OCCOC)nc21. The first-order valence-corrected chi connectivity index (χ1v) is 6.14. The van der Waals surface area contributed by atoms with E-state index in [1.54, 1.807) is 6.92 Å². The molecule has 21 heavy (non-hydrogen) atoms. The number of imidazole rings is 1. The summed E-state index contributed by atoms with van der Waals surface area (Å²) in [5.74, 6) is -0.572. The van der Waals surface area contributed by atoms with Crippen molar-refractivity contribution >= 4 is 23.0 Å². The van der Waals surface area contributed by atoms with E-state index < -0.39 is 12.0 Å². The molecule has 3 N–H and O–H groups in total. The van der Waals surface area contributed by atoms with Gasteiger partial charge in [-0.05, 0) is 0 Å². The number of aromatic hydroxyl groups is 1. The number of carbonyl (C=O) groups excluding carboxylic acids is 1. The van der Waals surface area contributed by atoms with E-state index in [1.165, 1.54) is 7.11 Å². The number of ether oxygens (including phenoxy) is 2. The summed E-state index contributed by atoms with van der Waals surface area (Å²) in [4.78, 5) is 27.9. The first kappa shape index (κ1) is 14.8. The van der Waals surface area contributed by atoms with E-state index >= 15 is 0 Å². The summed E-state index contributed by atoms with van der Waals surface area (Å²) in [7, 11) is 1.53. The van der Waals surface area contributed by atoms with E-state index in [-0.39, 0.29) is 36.0 Å². The van der Waals surface area contributed by atoms with Crippen molar-refractivity contribution in [1.29, 1.82) is 0 Å². The molecule has 2 aromatic heterocycles. The second-order valence-corrected chi connectivity index (χ2v) is 3.93. The molecule has 0 saturated heterocycles. The van der Waals surface area contributed by atoms with Crippen LogP contribution in [0.1, 0.15) is 13.3 Å². The van der Waals surface area contributed by atoms with Gasteiger partial charge in [0.2, 0.25) is 5.65 Å². The number of hydrogen-bond acceptors (Lipinski definition) is 9. The van der Waals surface area contributed by atoms with Crippen molar-refractivity contribution in [3.8, 4) is 12.0 Å². The molecule has 0 bridgehead atoms. The molecule has 0 aliphatic heterocycles. The maximum absolute atomic E-state index is 11.4. The van der Waals surface area contributed by atoms with Crippen molar-refractivity contribution in [2.24, 2.45) is 0 Å². The van der Waals surface area contributed by atoms with Crippen LogP contribution in [0.4, 0.5) is 5.82 Å². The Labute approximate surface area is 119 Å². The van der Waals surface area contributed by atoms with E-state index in [1.807, 2.05) is 0 Å². The number of hydrogen-bond donors (Lipinski definition) is 2. The Bertz CT molecular complexity index is 656. The molecule has 0 radical (unpaired) electrons. The molecule has 0 fully saturated rings. The van der Waals surface area contributed by atoms with Crippen molar-refractivity contribution in [3.05, 3.63) is 0 Å². The van der Waals surface area contributed by atoms with Crippen LogP contribution in [0, 0.1) is 0 Å². The predicted octanol–water partition coefficient (Wildman–Crippen LogP) is -0.496. The molecule has 114 valence electrons. The van der Waals surface area contributed by atoms with E-state index in [0.717, 1.165) is 4.73 Å². The maximum Gasteiger partial charge on any atom is 0.332 e. The third-order valence-corrected chi connectivity index (χ3v) is 2.46. The van der Waals surface area contributed by atoms with Gasteiger partial charge in [0.05, 0.1) is 6.61 Å². The van der Waals surface area contributed by atoms with Crippen LogP contribution in [0.5, 0.6) is 12.0 Å². The molecule has 2 heterocycles. The number of aromatic nitrogens is 4. The topological polar surface area (TPSA) is 135 Å². The van der Waals surface area contributed by atoms with Gasteiger partial charge in [0, 0.05) is 13.5 Å². The number of rotatable bonds is 6. The molecule has 0 aliphatic carbocycles. The van der Waals surface area contributed by atoms with Crippen molar-refractivity contribution in [1.82, 2.24) is 19.7 Å². The molecule has 10 heteroatoms. The monoisotopic (exact) mass is 297 g/mol. The van der Waals surface area contributed by atoms with Crippen LogP contribution in [0.15, 0.2) is 0 Å². The first-order chi connectivity index (χ1) is 10.1. The van der Waals surface area contributed by atoms with Gasteiger partial charge in [-0.15, -0.1) is 4.73 Å². The van der Waals surface area contributed by atoms with Gasteiger partial charge >= 0.3 is 18.0 Å². The standard InChI is InChI=1S/C11H15N5O5/c1-3-6(17)21-16-9-7(13-11(16)18)8(12)14-10(15-9)20-5-4-19-2/h3-5H2,1-2H3,(H,13,18)(H2,12,14,15). The Kier molecular flexibility index (Phi) is 4.38. The molecule has 0 atom stereocenters. The van der Waals surface area contributed by atoms with Gasteiger partial charge < -0.3 is 25.2 Å². The molecule has 0 saturated carbocycles. The minimum Gasteiger partial charge on any atom is -0.478 e. The fraction of sp³-hybridized carbons (Fsp3) is 0.455. The zero-order chi connectivity index (χ0) is 15.4. The summed E-state index contributed by atoms with van der Waals surface area (Å²) in [6.45, 7) is 2.17. The number of nitrogens with two attached hydrogens (primary N) is 1. The fourth-order valence-corrected chi connectivity index (χ4v) is 1.46. The smallest absolute Gasteiger partial charge is 0.332 e. The predicted molar refractivity (Wildman–Crippen MR) is 70.6 cm³/mol. The Morgan fingerprint density at radius 3 is 2.76 bits per heavy atom. The molecular weight excluding hydrogens is 282 g/mol. The van der Waals surface area contributed by atoms with Crippen LogP contribution in [0.2, 0.25) is 0 Å². The quantitative estimate of drug-likeness (QED) is 0.676. The molecule has 0 unspecified atom stereocenters. The lowest BCUT2D eigenvalue weighted by molar-refractivity contribution is -0.144. The minimum absolute atomic E-state index is 0.00554. The molecule has 0 aliphatic rings. The molecule has 0 aromatic carbocycles. The molecule has 2 aromatic rings. The molecule has 0 spiro atoms. The lowest BCUT2D eigenvalue weighted by atomic mass is 10.5. The van der Waals surface area contributed by atoms with E-state index in [4.69, 9.17) is 20.0 Å². The number of methoxy groups -OCH3 is 1. The third-order valence-electron chi connectivity index (χ3n) is 2.46. The normalized spacial score (nSPS) is 10.8. The van der Waals surface area contributed by atoms with Crippen LogP contribution in [-0.2, 0) is 9.53 Å². The lowest BCUT2D eigenvalue weighted by Crippen LogP contribution is -2.19. The van der Waals surface area contributed by atoms with Gasteiger partial charge in [-0.25, -0.2) is 4.79 Å². The zero-order valence-electron chi connectivity index (χ0n) is 11.6. The van der Waals surface area contributed by atoms with Gasteiger partial charge in [-0.3, -0.25) is 0 Å². The molecular formula is C11H15N5O5. The minimum atomic E-state index is -0.566. The number of anilines is 1. The lowest BCUT2D eigenvalue weighted by Gasteiger charge is -2.06. The van der Waals surface area contributed by atoms with E-state index in [0.29, 0.717) is 6.61 Å². The zero-order valence-corrected chi connectivity index (χ0v) is 11.6. The highest BCUT2D eigenvalue weighted by molar-refractivity contribution is 5.83. The number of nitrogen functional groups attached to an aromatic ring is 1. The van der Waals surface area contributed by atoms with Crippen LogP contribution < -0.4 is 15.3 Å². The Morgan fingerprint density at radius 2 is 2.10 bits per heavy atom. The largest absolute Gasteiger partial charge is 0.478 e. The highest BCUT2D eigenvalue weighted by Gasteiger charge is 2.19. The van der Waals surface area contributed by atoms with Crippen molar-refractivity contribution in [2.75, 3.05) is 26.1 Å².